The average molecular weight is 320 g/mol. The van der Waals surface area contributed by atoms with Gasteiger partial charge in [-0.2, -0.15) is 0 Å². The standard InChI is InChI=1S/C15H29N3O2.ClH/c1-3-12(2)14(16)15(20)17-9-7-11-18-10-6-4-5-8-13(18)19;/h12,14H,3-11,16H2,1-2H3,(H,17,20);1H. The number of likely N-dealkylation sites (tertiary alicyclic amines) is 1. The van der Waals surface area contributed by atoms with Crippen molar-refractivity contribution in [2.45, 2.75) is 58.4 Å². The highest BCUT2D eigenvalue weighted by Gasteiger charge is 2.19. The van der Waals surface area contributed by atoms with Gasteiger partial charge in [-0.15, -0.1) is 12.4 Å². The third kappa shape index (κ3) is 7.14. The first-order chi connectivity index (χ1) is 9.56. The lowest BCUT2D eigenvalue weighted by Gasteiger charge is -2.21. The zero-order valence-electron chi connectivity index (χ0n) is 13.3. The molecule has 1 aliphatic rings. The Hall–Kier alpha value is -0.810. The Morgan fingerprint density at radius 1 is 1.38 bits per heavy atom. The van der Waals surface area contributed by atoms with Crippen LogP contribution in [0.15, 0.2) is 0 Å². The maximum Gasteiger partial charge on any atom is 0.237 e. The topological polar surface area (TPSA) is 75.4 Å². The van der Waals surface area contributed by atoms with E-state index >= 15 is 0 Å². The van der Waals surface area contributed by atoms with Gasteiger partial charge in [-0.1, -0.05) is 26.7 Å². The molecule has 3 N–H and O–H groups in total. The van der Waals surface area contributed by atoms with Gasteiger partial charge >= 0.3 is 0 Å². The van der Waals surface area contributed by atoms with E-state index in [0.717, 1.165) is 45.2 Å². The maximum atomic E-state index is 11.8. The predicted octanol–water partition coefficient (Wildman–Crippen LogP) is 1.69. The van der Waals surface area contributed by atoms with Crippen LogP contribution in [0.3, 0.4) is 0 Å². The van der Waals surface area contributed by atoms with Crippen LogP contribution >= 0.6 is 12.4 Å². The van der Waals surface area contributed by atoms with Gasteiger partial charge in [0, 0.05) is 26.1 Å². The zero-order valence-corrected chi connectivity index (χ0v) is 14.1. The summed E-state index contributed by atoms with van der Waals surface area (Å²) >= 11 is 0. The monoisotopic (exact) mass is 319 g/mol. The Bertz CT molecular complexity index is 326. The normalized spacial score (nSPS) is 18.4. The van der Waals surface area contributed by atoms with Crippen molar-refractivity contribution < 1.29 is 9.59 Å². The molecular weight excluding hydrogens is 290 g/mol. The molecule has 1 rings (SSSR count). The highest BCUT2D eigenvalue weighted by molar-refractivity contribution is 5.85. The average Bonchev–Trinajstić information content (AvgIpc) is 2.66. The van der Waals surface area contributed by atoms with Crippen LogP contribution in [0.2, 0.25) is 0 Å². The van der Waals surface area contributed by atoms with Crippen molar-refractivity contribution in [3.8, 4) is 0 Å². The van der Waals surface area contributed by atoms with Crippen LogP contribution in [-0.4, -0.2) is 42.4 Å². The molecule has 6 heteroatoms. The Kier molecular flexibility index (Phi) is 10.4. The molecule has 0 bridgehead atoms. The molecule has 1 aliphatic heterocycles. The number of halogens is 1. The van der Waals surface area contributed by atoms with Crippen molar-refractivity contribution in [3.05, 3.63) is 0 Å². The second-order valence-corrected chi connectivity index (χ2v) is 5.75. The van der Waals surface area contributed by atoms with Crippen molar-refractivity contribution in [3.63, 3.8) is 0 Å². The van der Waals surface area contributed by atoms with Crippen LogP contribution in [0.4, 0.5) is 0 Å². The van der Waals surface area contributed by atoms with E-state index in [0.29, 0.717) is 13.0 Å². The van der Waals surface area contributed by atoms with Gasteiger partial charge in [-0.05, 0) is 25.2 Å². The van der Waals surface area contributed by atoms with Crippen LogP contribution in [-0.2, 0) is 9.59 Å². The van der Waals surface area contributed by atoms with Crippen LogP contribution in [0.1, 0.15) is 52.4 Å². The molecule has 1 saturated heterocycles. The number of nitrogens with zero attached hydrogens (tertiary/aromatic N) is 1. The van der Waals surface area contributed by atoms with Crippen LogP contribution in [0.5, 0.6) is 0 Å². The first-order valence-electron chi connectivity index (χ1n) is 7.87. The van der Waals surface area contributed by atoms with Gasteiger partial charge in [0.15, 0.2) is 0 Å². The highest BCUT2D eigenvalue weighted by atomic mass is 35.5. The van der Waals surface area contributed by atoms with Crippen LogP contribution < -0.4 is 11.1 Å². The fourth-order valence-electron chi connectivity index (χ4n) is 2.39. The van der Waals surface area contributed by atoms with Crippen LogP contribution in [0, 0.1) is 5.92 Å². The predicted molar refractivity (Wildman–Crippen MR) is 87.4 cm³/mol. The molecule has 0 aromatic heterocycles. The lowest BCUT2D eigenvalue weighted by Crippen LogP contribution is -2.45. The Morgan fingerprint density at radius 3 is 2.76 bits per heavy atom. The molecule has 2 atom stereocenters. The molecule has 1 heterocycles. The van der Waals surface area contributed by atoms with E-state index in [4.69, 9.17) is 5.73 Å². The van der Waals surface area contributed by atoms with Crippen molar-refractivity contribution in [2.24, 2.45) is 11.7 Å². The molecule has 5 nitrogen and oxygen atoms in total. The number of carbonyl (C=O) groups excluding carboxylic acids is 2. The van der Waals surface area contributed by atoms with E-state index in [1.165, 1.54) is 0 Å². The number of rotatable bonds is 7. The number of amides is 2. The number of hydrogen-bond donors (Lipinski definition) is 2. The van der Waals surface area contributed by atoms with Gasteiger partial charge in [-0.25, -0.2) is 0 Å². The molecule has 0 spiro atoms. The van der Waals surface area contributed by atoms with Gasteiger partial charge in [0.05, 0.1) is 6.04 Å². The molecule has 0 saturated carbocycles. The first-order valence-corrected chi connectivity index (χ1v) is 7.87. The minimum atomic E-state index is -0.431. The summed E-state index contributed by atoms with van der Waals surface area (Å²) in [5.74, 6) is 0.369. The number of carbonyl (C=O) groups is 2. The van der Waals surface area contributed by atoms with Gasteiger partial charge < -0.3 is 16.0 Å². The summed E-state index contributed by atoms with van der Waals surface area (Å²) in [5.41, 5.74) is 5.86. The van der Waals surface area contributed by atoms with Crippen molar-refractivity contribution in [2.75, 3.05) is 19.6 Å². The third-order valence-electron chi connectivity index (χ3n) is 4.14. The van der Waals surface area contributed by atoms with Gasteiger partial charge in [0.2, 0.25) is 11.8 Å². The van der Waals surface area contributed by atoms with Crippen molar-refractivity contribution in [1.29, 1.82) is 0 Å². The smallest absolute Gasteiger partial charge is 0.237 e. The molecule has 0 radical (unpaired) electrons. The molecule has 124 valence electrons. The zero-order chi connectivity index (χ0) is 15.0. The maximum absolute atomic E-state index is 11.8. The lowest BCUT2D eigenvalue weighted by molar-refractivity contribution is -0.130. The summed E-state index contributed by atoms with van der Waals surface area (Å²) in [6, 6.07) is -0.431. The minimum Gasteiger partial charge on any atom is -0.355 e. The molecular formula is C15H30ClN3O2. The van der Waals surface area contributed by atoms with E-state index < -0.39 is 6.04 Å². The van der Waals surface area contributed by atoms with E-state index in [1.54, 1.807) is 0 Å². The van der Waals surface area contributed by atoms with Gasteiger partial charge in [0.1, 0.15) is 0 Å². The highest BCUT2D eigenvalue weighted by Crippen LogP contribution is 2.11. The van der Waals surface area contributed by atoms with Gasteiger partial charge in [-0.3, -0.25) is 9.59 Å². The fourth-order valence-corrected chi connectivity index (χ4v) is 2.39. The largest absolute Gasteiger partial charge is 0.355 e. The number of nitrogens with one attached hydrogen (secondary N) is 1. The quantitative estimate of drug-likeness (QED) is 0.701. The third-order valence-corrected chi connectivity index (χ3v) is 4.14. The minimum absolute atomic E-state index is 0. The molecule has 2 unspecified atom stereocenters. The molecule has 21 heavy (non-hydrogen) atoms. The summed E-state index contributed by atoms with van der Waals surface area (Å²) < 4.78 is 0. The van der Waals surface area contributed by atoms with Crippen LogP contribution in [0.25, 0.3) is 0 Å². The lowest BCUT2D eigenvalue weighted by atomic mass is 9.99. The molecule has 0 aliphatic carbocycles. The first kappa shape index (κ1) is 20.2. The molecule has 0 aromatic rings. The summed E-state index contributed by atoms with van der Waals surface area (Å²) in [6.45, 7) is 6.20. The number of nitrogens with two attached hydrogens (primary N) is 1. The summed E-state index contributed by atoms with van der Waals surface area (Å²) in [4.78, 5) is 25.5. The van der Waals surface area contributed by atoms with Crippen molar-refractivity contribution >= 4 is 24.2 Å². The summed E-state index contributed by atoms with van der Waals surface area (Å²) in [6.07, 6.45) is 5.61. The second-order valence-electron chi connectivity index (χ2n) is 5.75. The SMILES string of the molecule is CCC(C)C(N)C(=O)NCCCN1CCCCCC1=O.Cl. The summed E-state index contributed by atoms with van der Waals surface area (Å²) in [7, 11) is 0. The molecule has 0 aromatic carbocycles. The number of hydrogen-bond acceptors (Lipinski definition) is 3. The van der Waals surface area contributed by atoms with E-state index in [9.17, 15) is 9.59 Å². The van der Waals surface area contributed by atoms with E-state index in [1.807, 2.05) is 18.7 Å². The van der Waals surface area contributed by atoms with E-state index in [2.05, 4.69) is 5.32 Å². The Labute approximate surface area is 134 Å². The second kappa shape index (κ2) is 10.9. The fraction of sp³-hybridized carbons (Fsp3) is 0.867. The molecule has 1 fully saturated rings. The van der Waals surface area contributed by atoms with Gasteiger partial charge in [0.25, 0.3) is 0 Å². The molecule has 2 amide bonds. The Balaban J connectivity index is 0.00000400. The van der Waals surface area contributed by atoms with Crippen molar-refractivity contribution in [1.82, 2.24) is 10.2 Å². The summed E-state index contributed by atoms with van der Waals surface area (Å²) in [5, 5.41) is 2.87. The Morgan fingerprint density at radius 2 is 2.10 bits per heavy atom. The van der Waals surface area contributed by atoms with E-state index in [-0.39, 0.29) is 30.1 Å².